The van der Waals surface area contributed by atoms with Gasteiger partial charge in [0, 0.05) is 0 Å². The second-order valence-electron chi connectivity index (χ2n) is 3.05. The fourth-order valence-electron chi connectivity index (χ4n) is 1.23. The third kappa shape index (κ3) is 2.51. The molecule has 1 N–H and O–H groups in total. The molecule has 0 unspecified atom stereocenters. The minimum absolute atomic E-state index is 0.0615. The molecular weight excluding hydrogens is 248 g/mol. The van der Waals surface area contributed by atoms with Crippen molar-refractivity contribution in [1.82, 2.24) is 9.97 Å². The fourth-order valence-corrected chi connectivity index (χ4v) is 1.43. The number of nitro groups is 1. The van der Waals surface area contributed by atoms with E-state index in [-0.39, 0.29) is 23.2 Å². The Balaban J connectivity index is 2.21. The smallest absolute Gasteiger partial charge is 0.348 e. The third-order valence-electron chi connectivity index (χ3n) is 1.97. The Hall–Kier alpha value is -2.15. The second-order valence-corrected chi connectivity index (χ2v) is 3.41. The Morgan fingerprint density at radius 1 is 1.53 bits per heavy atom. The van der Waals surface area contributed by atoms with Crippen molar-refractivity contribution in [3.05, 3.63) is 45.8 Å². The van der Waals surface area contributed by atoms with Crippen molar-refractivity contribution >= 4 is 23.1 Å². The lowest BCUT2D eigenvalue weighted by atomic mass is 10.4. The molecule has 0 bridgehead atoms. The maximum atomic E-state index is 10.8. The zero-order valence-corrected chi connectivity index (χ0v) is 9.22. The SMILES string of the molecule is O=[N+]([O-])c1c(Cl)ncnc1NCc1ccco1. The van der Waals surface area contributed by atoms with Crippen molar-refractivity contribution in [1.29, 1.82) is 0 Å². The number of nitrogens with zero attached hydrogens (tertiary/aromatic N) is 3. The molecule has 0 saturated heterocycles. The van der Waals surface area contributed by atoms with E-state index in [4.69, 9.17) is 16.0 Å². The number of aromatic nitrogens is 2. The van der Waals surface area contributed by atoms with Crippen molar-refractivity contribution in [3.8, 4) is 0 Å². The van der Waals surface area contributed by atoms with E-state index in [0.29, 0.717) is 5.76 Å². The van der Waals surface area contributed by atoms with Crippen LogP contribution < -0.4 is 5.32 Å². The lowest BCUT2D eigenvalue weighted by molar-refractivity contribution is -0.384. The van der Waals surface area contributed by atoms with Crippen LogP contribution in [0, 0.1) is 10.1 Å². The van der Waals surface area contributed by atoms with Gasteiger partial charge in [0.25, 0.3) is 0 Å². The van der Waals surface area contributed by atoms with Crippen LogP contribution >= 0.6 is 11.6 Å². The van der Waals surface area contributed by atoms with Gasteiger partial charge in [-0.15, -0.1) is 0 Å². The maximum absolute atomic E-state index is 10.8. The Morgan fingerprint density at radius 3 is 3.00 bits per heavy atom. The van der Waals surface area contributed by atoms with E-state index >= 15 is 0 Å². The summed E-state index contributed by atoms with van der Waals surface area (Å²) < 4.78 is 5.08. The van der Waals surface area contributed by atoms with Gasteiger partial charge in [-0.2, -0.15) is 0 Å². The molecule has 2 heterocycles. The normalized spacial score (nSPS) is 10.2. The summed E-state index contributed by atoms with van der Waals surface area (Å²) in [6, 6.07) is 3.46. The van der Waals surface area contributed by atoms with Gasteiger partial charge in [-0.1, -0.05) is 11.6 Å². The lowest BCUT2D eigenvalue weighted by Crippen LogP contribution is -2.05. The number of nitrogens with one attached hydrogen (secondary N) is 1. The van der Waals surface area contributed by atoms with E-state index in [1.165, 1.54) is 6.26 Å². The third-order valence-corrected chi connectivity index (χ3v) is 2.25. The van der Waals surface area contributed by atoms with Crippen LogP contribution in [0.5, 0.6) is 0 Å². The molecule has 2 aromatic rings. The van der Waals surface area contributed by atoms with Gasteiger partial charge in [0.15, 0.2) is 0 Å². The van der Waals surface area contributed by atoms with Crippen molar-refractivity contribution in [3.63, 3.8) is 0 Å². The zero-order valence-electron chi connectivity index (χ0n) is 8.46. The largest absolute Gasteiger partial charge is 0.467 e. The van der Waals surface area contributed by atoms with Crippen LogP contribution in [0.2, 0.25) is 5.15 Å². The van der Waals surface area contributed by atoms with Gasteiger partial charge in [-0.3, -0.25) is 10.1 Å². The van der Waals surface area contributed by atoms with E-state index in [1.54, 1.807) is 12.1 Å². The lowest BCUT2D eigenvalue weighted by Gasteiger charge is -2.04. The maximum Gasteiger partial charge on any atom is 0.348 e. The van der Waals surface area contributed by atoms with Crippen LogP contribution in [0.4, 0.5) is 11.5 Å². The molecule has 0 aliphatic carbocycles. The van der Waals surface area contributed by atoms with Crippen molar-refractivity contribution in [2.75, 3.05) is 5.32 Å². The molecule has 0 fully saturated rings. The number of anilines is 1. The predicted octanol–water partition coefficient (Wildman–Crippen LogP) is 2.24. The molecule has 88 valence electrons. The highest BCUT2D eigenvalue weighted by Gasteiger charge is 2.21. The topological polar surface area (TPSA) is 94.1 Å². The molecule has 7 nitrogen and oxygen atoms in total. The van der Waals surface area contributed by atoms with E-state index in [2.05, 4.69) is 15.3 Å². The molecule has 2 rings (SSSR count). The summed E-state index contributed by atoms with van der Waals surface area (Å²) in [5.74, 6) is 0.695. The molecule has 0 atom stereocenters. The van der Waals surface area contributed by atoms with E-state index in [0.717, 1.165) is 6.33 Å². The first-order valence-corrected chi connectivity index (χ1v) is 4.97. The summed E-state index contributed by atoms with van der Waals surface area (Å²) in [5.41, 5.74) is -0.347. The summed E-state index contributed by atoms with van der Waals surface area (Å²) in [5, 5.41) is 13.3. The van der Waals surface area contributed by atoms with Gasteiger partial charge in [0.2, 0.25) is 11.0 Å². The van der Waals surface area contributed by atoms with Crippen LogP contribution in [-0.2, 0) is 6.54 Å². The standard InChI is InChI=1S/C9H7ClN4O3/c10-8-7(14(15)16)9(13-5-12-8)11-4-6-2-1-3-17-6/h1-3,5H,4H2,(H,11,12,13). The van der Waals surface area contributed by atoms with Crippen molar-refractivity contribution in [2.45, 2.75) is 6.54 Å². The molecule has 8 heteroatoms. The van der Waals surface area contributed by atoms with Gasteiger partial charge < -0.3 is 9.73 Å². The highest BCUT2D eigenvalue weighted by molar-refractivity contribution is 6.31. The van der Waals surface area contributed by atoms with Gasteiger partial charge in [0.1, 0.15) is 12.1 Å². The minimum Gasteiger partial charge on any atom is -0.467 e. The molecule has 17 heavy (non-hydrogen) atoms. The fraction of sp³-hybridized carbons (Fsp3) is 0.111. The first-order valence-electron chi connectivity index (χ1n) is 4.59. The Kier molecular flexibility index (Phi) is 3.20. The second kappa shape index (κ2) is 4.79. The van der Waals surface area contributed by atoms with Crippen LogP contribution in [0.25, 0.3) is 0 Å². The molecular formula is C9H7ClN4O3. The molecule has 0 radical (unpaired) electrons. The molecule has 0 spiro atoms. The van der Waals surface area contributed by atoms with E-state index in [9.17, 15) is 10.1 Å². The quantitative estimate of drug-likeness (QED) is 0.511. The van der Waals surface area contributed by atoms with Crippen LogP contribution in [-0.4, -0.2) is 14.9 Å². The molecule has 0 saturated carbocycles. The number of hydrogen-bond donors (Lipinski definition) is 1. The van der Waals surface area contributed by atoms with Gasteiger partial charge >= 0.3 is 5.69 Å². The minimum atomic E-state index is -0.632. The average Bonchev–Trinajstić information content (AvgIpc) is 2.78. The molecule has 0 aromatic carbocycles. The van der Waals surface area contributed by atoms with Gasteiger partial charge in [-0.25, -0.2) is 9.97 Å². The van der Waals surface area contributed by atoms with Crippen LogP contribution in [0.15, 0.2) is 29.1 Å². The van der Waals surface area contributed by atoms with Gasteiger partial charge in [-0.05, 0) is 12.1 Å². The number of hydrogen-bond acceptors (Lipinski definition) is 6. The van der Waals surface area contributed by atoms with E-state index < -0.39 is 4.92 Å². The average molecular weight is 255 g/mol. The summed E-state index contributed by atoms with van der Waals surface area (Å²) in [4.78, 5) is 17.5. The Morgan fingerprint density at radius 2 is 2.35 bits per heavy atom. The number of halogens is 1. The summed E-state index contributed by atoms with van der Waals surface area (Å²) >= 11 is 5.63. The summed E-state index contributed by atoms with van der Waals surface area (Å²) in [6.45, 7) is 0.279. The predicted molar refractivity (Wildman–Crippen MR) is 59.7 cm³/mol. The number of furan rings is 1. The molecule has 0 aliphatic rings. The number of rotatable bonds is 4. The highest BCUT2D eigenvalue weighted by atomic mass is 35.5. The van der Waals surface area contributed by atoms with Gasteiger partial charge in [0.05, 0.1) is 17.7 Å². The first kappa shape index (κ1) is 11.3. The summed E-state index contributed by atoms with van der Waals surface area (Å²) in [6.07, 6.45) is 2.66. The van der Waals surface area contributed by atoms with Crippen molar-refractivity contribution in [2.24, 2.45) is 0 Å². The Labute approximate surface area is 101 Å². The highest BCUT2D eigenvalue weighted by Crippen LogP contribution is 2.28. The molecule has 2 aromatic heterocycles. The first-order chi connectivity index (χ1) is 8.18. The Bertz CT molecular complexity index is 529. The monoisotopic (exact) mass is 254 g/mol. The van der Waals surface area contributed by atoms with Crippen LogP contribution in [0.3, 0.4) is 0 Å². The summed E-state index contributed by atoms with van der Waals surface area (Å²) in [7, 11) is 0. The van der Waals surface area contributed by atoms with Crippen LogP contribution in [0.1, 0.15) is 5.76 Å². The van der Waals surface area contributed by atoms with Crippen molar-refractivity contribution < 1.29 is 9.34 Å². The molecule has 0 amide bonds. The zero-order chi connectivity index (χ0) is 12.3. The molecule has 0 aliphatic heterocycles. The van der Waals surface area contributed by atoms with E-state index in [1.807, 2.05) is 0 Å².